The molecule has 0 saturated carbocycles. The Bertz CT molecular complexity index is 2460. The lowest BCUT2D eigenvalue weighted by Gasteiger charge is -2.40. The van der Waals surface area contributed by atoms with Crippen LogP contribution in [0.5, 0.6) is 0 Å². The lowest BCUT2D eigenvalue weighted by atomic mass is 9.79. The van der Waals surface area contributed by atoms with Crippen LogP contribution in [0.1, 0.15) is 46.5 Å². The summed E-state index contributed by atoms with van der Waals surface area (Å²) >= 11 is 0. The molecule has 10 heteroatoms. The molecule has 9 nitrogen and oxygen atoms in total. The number of hydrogen-bond acceptors (Lipinski definition) is 7. The van der Waals surface area contributed by atoms with Gasteiger partial charge in [-0.2, -0.15) is 0 Å². The highest BCUT2D eigenvalue weighted by molar-refractivity contribution is 5.95. The molecule has 0 radical (unpaired) electrons. The molecule has 6 aromatic carbocycles. The van der Waals surface area contributed by atoms with Gasteiger partial charge in [-0.1, -0.05) is 182 Å². The molecule has 4 atom stereocenters. The number of imidazole rings is 1. The van der Waals surface area contributed by atoms with Crippen molar-refractivity contribution >= 4 is 22.9 Å². The van der Waals surface area contributed by atoms with E-state index in [1.54, 1.807) is 0 Å². The Balaban J connectivity index is 1.21. The predicted molar refractivity (Wildman–Crippen MR) is 228 cm³/mol. The van der Waals surface area contributed by atoms with Gasteiger partial charge in [0.05, 0.1) is 12.9 Å². The van der Waals surface area contributed by atoms with E-state index in [4.69, 9.17) is 14.2 Å². The zero-order valence-corrected chi connectivity index (χ0v) is 32.8. The molecule has 9 rings (SSSR count). The third-order valence-electron chi connectivity index (χ3n) is 11.1. The highest BCUT2D eigenvalue weighted by atomic mass is 19.1. The largest absolute Gasteiger partial charge is 0.358 e. The normalized spacial score (nSPS) is 18.0. The maximum absolute atomic E-state index is 18.1. The first-order valence-corrected chi connectivity index (χ1v) is 19.9. The van der Waals surface area contributed by atoms with E-state index < -0.39 is 35.8 Å². The van der Waals surface area contributed by atoms with Gasteiger partial charge in [0.15, 0.2) is 29.4 Å². The molecular weight excluding hydrogens is 754 g/mol. The fourth-order valence-corrected chi connectivity index (χ4v) is 8.39. The van der Waals surface area contributed by atoms with Crippen LogP contribution in [-0.4, -0.2) is 50.4 Å². The molecule has 1 aliphatic rings. The van der Waals surface area contributed by atoms with Crippen molar-refractivity contribution in [3.05, 3.63) is 228 Å². The Morgan fingerprint density at radius 2 is 1.05 bits per heavy atom. The summed E-state index contributed by atoms with van der Waals surface area (Å²) in [5.41, 5.74) is 3.27. The number of halogens is 1. The summed E-state index contributed by atoms with van der Waals surface area (Å²) in [6.07, 6.45) is -2.46. The minimum atomic E-state index is -1.77. The van der Waals surface area contributed by atoms with Crippen molar-refractivity contribution < 1.29 is 23.4 Å². The van der Waals surface area contributed by atoms with Gasteiger partial charge in [-0.05, 0) is 33.4 Å². The SMILES string of the molecule is CC(=O)Nc1ncnc2c1ncn2[C@@H]1O[C@H](COC(c2ccccc2)(c2ccccc2)c2ccccc2)[C@@H](OC(c2ccccc2)(c2ccccc2)c2ccccc2)[C@H]1F. The van der Waals surface area contributed by atoms with Gasteiger partial charge in [0, 0.05) is 6.92 Å². The van der Waals surface area contributed by atoms with E-state index in [-0.39, 0.29) is 24.0 Å². The van der Waals surface area contributed by atoms with E-state index in [1.165, 1.54) is 24.1 Å². The summed E-state index contributed by atoms with van der Waals surface area (Å²) in [5, 5.41) is 2.70. The number of amides is 1. The average molecular weight is 796 g/mol. The van der Waals surface area contributed by atoms with E-state index in [1.807, 2.05) is 182 Å². The first kappa shape index (κ1) is 38.7. The van der Waals surface area contributed by atoms with Gasteiger partial charge in [0.2, 0.25) is 5.91 Å². The fourth-order valence-electron chi connectivity index (χ4n) is 8.39. The first-order valence-electron chi connectivity index (χ1n) is 19.9. The standard InChI is InChI=1S/C50H42FN5O4/c1-35(57)55-46-44-47(53-33-52-46)56(34-54-44)48-43(51)45(60-50(39-26-14-5-15-27-39,40-28-16-6-17-29-40)41-30-18-7-19-31-41)42(59-48)32-58-49(36-20-8-2-9-21-36,37-22-10-3-11-23-37)38-24-12-4-13-25-38/h2-31,33-34,42-43,45,48H,32H2,1H3,(H,52,53,55,57)/t42-,43-,45-,48-/m1/s1. The number of nitrogens with zero attached hydrogens (tertiary/aromatic N) is 4. The molecular formula is C50H42FN5O4. The Labute approximate surface area is 347 Å². The number of anilines is 1. The second-order valence-electron chi connectivity index (χ2n) is 14.7. The minimum Gasteiger partial charge on any atom is -0.358 e. The highest BCUT2D eigenvalue weighted by Gasteiger charge is 2.53. The second kappa shape index (κ2) is 16.8. The van der Waals surface area contributed by atoms with Crippen molar-refractivity contribution in [3.63, 3.8) is 0 Å². The van der Waals surface area contributed by atoms with Crippen LogP contribution in [0.15, 0.2) is 195 Å². The summed E-state index contributed by atoms with van der Waals surface area (Å²) in [6.45, 7) is 1.29. The summed E-state index contributed by atoms with van der Waals surface area (Å²) < 4.78 is 41.3. The molecule has 298 valence electrons. The summed E-state index contributed by atoms with van der Waals surface area (Å²) in [4.78, 5) is 25.3. The van der Waals surface area contributed by atoms with E-state index in [0.29, 0.717) is 5.52 Å². The third kappa shape index (κ3) is 7.04. The zero-order valence-electron chi connectivity index (χ0n) is 32.8. The Kier molecular flexibility index (Phi) is 10.8. The van der Waals surface area contributed by atoms with Crippen LogP contribution in [0.4, 0.5) is 10.2 Å². The van der Waals surface area contributed by atoms with Gasteiger partial charge < -0.3 is 19.5 Å². The number of aromatic nitrogens is 4. The van der Waals surface area contributed by atoms with E-state index in [9.17, 15) is 4.79 Å². The molecule has 1 N–H and O–H groups in total. The second-order valence-corrected chi connectivity index (χ2v) is 14.7. The summed E-state index contributed by atoms with van der Waals surface area (Å²) in [6, 6.07) is 59.7. The van der Waals surface area contributed by atoms with Crippen LogP contribution in [0.2, 0.25) is 0 Å². The number of ether oxygens (including phenoxy) is 3. The Morgan fingerprint density at radius 3 is 1.47 bits per heavy atom. The van der Waals surface area contributed by atoms with Crippen molar-refractivity contribution in [1.29, 1.82) is 0 Å². The molecule has 1 fully saturated rings. The smallest absolute Gasteiger partial charge is 0.222 e. The summed E-state index contributed by atoms with van der Waals surface area (Å²) in [7, 11) is 0. The van der Waals surface area contributed by atoms with Crippen LogP contribution in [-0.2, 0) is 30.2 Å². The number of benzene rings is 6. The molecule has 1 saturated heterocycles. The Hall–Kier alpha value is -6.85. The molecule has 60 heavy (non-hydrogen) atoms. The molecule has 1 amide bonds. The third-order valence-corrected chi connectivity index (χ3v) is 11.1. The van der Waals surface area contributed by atoms with Gasteiger partial charge in [-0.25, -0.2) is 19.3 Å². The van der Waals surface area contributed by atoms with E-state index >= 15 is 4.39 Å². The topological polar surface area (TPSA) is 100 Å². The summed E-state index contributed by atoms with van der Waals surface area (Å²) in [5.74, 6) is -0.115. The fraction of sp³-hybridized carbons (Fsp3) is 0.160. The van der Waals surface area contributed by atoms with Crippen LogP contribution in [0.25, 0.3) is 11.2 Å². The van der Waals surface area contributed by atoms with Crippen LogP contribution in [0.3, 0.4) is 0 Å². The van der Waals surface area contributed by atoms with Crippen molar-refractivity contribution in [2.75, 3.05) is 11.9 Å². The van der Waals surface area contributed by atoms with Crippen molar-refractivity contribution in [3.8, 4) is 0 Å². The average Bonchev–Trinajstić information content (AvgIpc) is 3.88. The molecule has 3 heterocycles. The van der Waals surface area contributed by atoms with Crippen LogP contribution < -0.4 is 5.32 Å². The zero-order chi connectivity index (χ0) is 40.9. The lowest BCUT2D eigenvalue weighted by molar-refractivity contribution is -0.128. The first-order chi connectivity index (χ1) is 29.5. The minimum absolute atomic E-state index is 0.0898. The van der Waals surface area contributed by atoms with E-state index in [0.717, 1.165) is 33.4 Å². The predicted octanol–water partition coefficient (Wildman–Crippen LogP) is 9.41. The van der Waals surface area contributed by atoms with E-state index in [2.05, 4.69) is 20.3 Å². The number of hydrogen-bond donors (Lipinski definition) is 1. The molecule has 0 aliphatic carbocycles. The quantitative estimate of drug-likeness (QED) is 0.116. The van der Waals surface area contributed by atoms with Crippen molar-refractivity contribution in [2.24, 2.45) is 0 Å². The van der Waals surface area contributed by atoms with Crippen LogP contribution >= 0.6 is 0 Å². The van der Waals surface area contributed by atoms with Crippen molar-refractivity contribution in [1.82, 2.24) is 19.5 Å². The number of alkyl halides is 1. The molecule has 0 spiro atoms. The maximum atomic E-state index is 18.1. The Morgan fingerprint density at radius 1 is 0.633 bits per heavy atom. The highest BCUT2D eigenvalue weighted by Crippen LogP contribution is 2.47. The van der Waals surface area contributed by atoms with Gasteiger partial charge >= 0.3 is 0 Å². The molecule has 8 aromatic rings. The molecule has 2 aromatic heterocycles. The lowest BCUT2D eigenvalue weighted by Crippen LogP contribution is -2.45. The number of carbonyl (C=O) groups is 1. The van der Waals surface area contributed by atoms with Crippen LogP contribution in [0, 0.1) is 0 Å². The van der Waals surface area contributed by atoms with Gasteiger partial charge in [-0.3, -0.25) is 9.36 Å². The molecule has 0 unspecified atom stereocenters. The number of nitrogens with one attached hydrogen (secondary N) is 1. The number of rotatable bonds is 13. The van der Waals surface area contributed by atoms with Gasteiger partial charge in [0.1, 0.15) is 29.7 Å². The van der Waals surface area contributed by atoms with Crippen molar-refractivity contribution in [2.45, 2.75) is 42.7 Å². The molecule has 1 aliphatic heterocycles. The maximum Gasteiger partial charge on any atom is 0.222 e. The van der Waals surface area contributed by atoms with Gasteiger partial charge in [-0.15, -0.1) is 0 Å². The van der Waals surface area contributed by atoms with Gasteiger partial charge in [0.25, 0.3) is 0 Å². The monoisotopic (exact) mass is 795 g/mol. The molecule has 0 bridgehead atoms. The number of fused-ring (bicyclic) bond motifs is 1. The number of carbonyl (C=O) groups excluding carboxylic acids is 1.